The molecule has 1 aliphatic heterocycles. The number of aromatic nitrogens is 1. The monoisotopic (exact) mass is 237 g/mol. The average molecular weight is 237 g/mol. The van der Waals surface area contributed by atoms with Gasteiger partial charge in [0.25, 0.3) is 0 Å². The molecule has 4 nitrogen and oxygen atoms in total. The Kier molecular flexibility index (Phi) is 4.09. The van der Waals surface area contributed by atoms with E-state index in [1.807, 2.05) is 18.2 Å². The molecule has 0 radical (unpaired) electrons. The van der Waals surface area contributed by atoms with E-state index in [1.165, 1.54) is 0 Å². The Labute approximate surface area is 105 Å². The van der Waals surface area contributed by atoms with E-state index in [-0.39, 0.29) is 8.76 Å². The van der Waals surface area contributed by atoms with Gasteiger partial charge in [-0.1, -0.05) is 6.07 Å². The Bertz CT molecular complexity index is 375. The Hall–Kier alpha value is -1.42. The fraction of sp³-hybridized carbons (Fsp3) is 0.538. The molecule has 1 aromatic heterocycles. The van der Waals surface area contributed by atoms with Crippen LogP contribution in [-0.4, -0.2) is 42.0 Å². The molecule has 1 aromatic rings. The lowest BCUT2D eigenvalue weighted by Crippen LogP contribution is -2.36. The van der Waals surface area contributed by atoms with Gasteiger partial charge in [0, 0.05) is 33.8 Å². The van der Waals surface area contributed by atoms with Crippen molar-refractivity contribution in [3.63, 3.8) is 0 Å². The van der Waals surface area contributed by atoms with Crippen molar-refractivity contribution in [3.05, 3.63) is 30.1 Å². The van der Waals surface area contributed by atoms with Gasteiger partial charge in [0.1, 0.15) is 0 Å². The molecule has 1 saturated heterocycles. The van der Waals surface area contributed by atoms with Crippen molar-refractivity contribution in [2.45, 2.75) is 25.3 Å². The van der Waals surface area contributed by atoms with Crippen LogP contribution in [0.4, 0.5) is 0 Å². The number of likely N-dealkylation sites (N-methyl/N-ethyl adjacent to an activating group) is 1. The highest BCUT2D eigenvalue weighted by molar-refractivity contribution is 5.76. The molecule has 2 heterocycles. The van der Waals surface area contributed by atoms with Gasteiger partial charge in [0.15, 0.2) is 0 Å². The quantitative estimate of drug-likeness (QED) is 0.859. The van der Waals surface area contributed by atoms with Crippen LogP contribution in [0.5, 0.6) is 0 Å². The minimum Gasteiger partial charge on any atom is -0.352 e. The van der Waals surface area contributed by atoms with Crippen molar-refractivity contribution in [2.24, 2.45) is 0 Å². The zero-order valence-electron chi connectivity index (χ0n) is 10.2. The van der Waals surface area contributed by atoms with Crippen LogP contribution in [0.25, 0.3) is 0 Å². The highest BCUT2D eigenvalue weighted by Crippen LogP contribution is 2.06. The number of rotatable bonds is 4. The fourth-order valence-electron chi connectivity index (χ4n) is 2.14. The third-order valence-electron chi connectivity index (χ3n) is 3.09. The molecule has 1 amide bonds. The molecule has 0 spiro atoms. The summed E-state index contributed by atoms with van der Waals surface area (Å²) < 4.78 is 0. The van der Waals surface area contributed by atoms with Crippen LogP contribution in [0.15, 0.2) is 24.4 Å². The number of nitrogens with one attached hydrogen (secondary N) is 1. The van der Waals surface area contributed by atoms with E-state index in [1.54, 1.807) is 6.20 Å². The van der Waals surface area contributed by atoms with Gasteiger partial charge in [-0.15, -0.1) is 0 Å². The van der Waals surface area contributed by atoms with Crippen LogP contribution in [0.3, 0.4) is 0 Å². The first-order chi connectivity index (χ1) is 8.24. The molecule has 17 heavy (non-hydrogen) atoms. The van der Waals surface area contributed by atoms with Crippen LogP contribution in [-0.2, 0) is 11.2 Å². The topological polar surface area (TPSA) is 45.2 Å². The van der Waals surface area contributed by atoms with Gasteiger partial charge in [-0.05, 0) is 38.6 Å². The van der Waals surface area contributed by atoms with E-state index in [2.05, 4.69) is 22.2 Å². The summed E-state index contributed by atoms with van der Waals surface area (Å²) in [5.74, 6) is 0.135. The molecule has 0 unspecified atom stereocenters. The van der Waals surface area contributed by atoms with E-state index >= 15 is 0 Å². The Balaban J connectivity index is 0.00000162. The fourth-order valence-corrected chi connectivity index (χ4v) is 2.14. The van der Waals surface area contributed by atoms with E-state index in [0.29, 0.717) is 12.5 Å². The second-order valence-corrected chi connectivity index (χ2v) is 4.64. The second kappa shape index (κ2) is 5.77. The van der Waals surface area contributed by atoms with Crippen LogP contribution >= 0.6 is 0 Å². The summed E-state index contributed by atoms with van der Waals surface area (Å²) in [5.41, 5.74) is 0.978. The summed E-state index contributed by atoms with van der Waals surface area (Å²) in [4.78, 5) is 18.2. The maximum atomic E-state index is 11.7. The van der Waals surface area contributed by atoms with E-state index in [0.717, 1.165) is 31.6 Å². The SMILES string of the molecule is CN1CC[C@@H](NC(=O)CCc2ccccn2)C1.[HH].[HH]. The van der Waals surface area contributed by atoms with Crippen LogP contribution in [0.1, 0.15) is 21.4 Å². The summed E-state index contributed by atoms with van der Waals surface area (Å²) in [6.07, 6.45) is 4.07. The molecule has 1 atom stereocenters. The highest BCUT2D eigenvalue weighted by Gasteiger charge is 2.20. The summed E-state index contributed by atoms with van der Waals surface area (Å²) in [6, 6.07) is 6.12. The molecule has 1 aliphatic rings. The van der Waals surface area contributed by atoms with Crippen LogP contribution in [0, 0.1) is 0 Å². The highest BCUT2D eigenvalue weighted by atomic mass is 16.1. The smallest absolute Gasteiger partial charge is 0.220 e. The standard InChI is InChI=1S/C13H19N3O.2H2/c1-16-9-7-12(10-16)15-13(17)6-5-11-4-2-3-8-14-11;;/h2-4,8,12H,5-7,9-10H2,1H3,(H,15,17);2*1H/t12-;;/m1../s1. The average Bonchev–Trinajstić information content (AvgIpc) is 2.73. The molecule has 0 aromatic carbocycles. The molecule has 0 aliphatic carbocycles. The minimum absolute atomic E-state index is 0. The molecule has 4 heteroatoms. The van der Waals surface area contributed by atoms with Crippen molar-refractivity contribution < 1.29 is 7.65 Å². The number of nitrogens with zero attached hydrogens (tertiary/aromatic N) is 2. The molecule has 2 rings (SSSR count). The van der Waals surface area contributed by atoms with Gasteiger partial charge in [-0.3, -0.25) is 9.78 Å². The molecule has 1 fully saturated rings. The lowest BCUT2D eigenvalue weighted by atomic mass is 10.2. The molecular weight excluding hydrogens is 214 g/mol. The third kappa shape index (κ3) is 3.82. The first kappa shape index (κ1) is 12.0. The zero-order valence-corrected chi connectivity index (χ0v) is 10.2. The van der Waals surface area contributed by atoms with Crippen molar-refractivity contribution in [1.29, 1.82) is 0 Å². The van der Waals surface area contributed by atoms with Crippen molar-refractivity contribution in [1.82, 2.24) is 15.2 Å². The van der Waals surface area contributed by atoms with E-state index < -0.39 is 0 Å². The van der Waals surface area contributed by atoms with Crippen molar-refractivity contribution >= 4 is 5.91 Å². The number of aryl methyl sites for hydroxylation is 1. The first-order valence-electron chi connectivity index (χ1n) is 6.12. The van der Waals surface area contributed by atoms with E-state index in [9.17, 15) is 4.79 Å². The van der Waals surface area contributed by atoms with Crippen LogP contribution in [0.2, 0.25) is 0 Å². The maximum Gasteiger partial charge on any atom is 0.220 e. The predicted octanol–water partition coefficient (Wildman–Crippen LogP) is 1.33. The minimum atomic E-state index is 0. The third-order valence-corrected chi connectivity index (χ3v) is 3.09. The molecule has 0 bridgehead atoms. The largest absolute Gasteiger partial charge is 0.352 e. The summed E-state index contributed by atoms with van der Waals surface area (Å²) in [6.45, 7) is 2.04. The van der Waals surface area contributed by atoms with E-state index in [4.69, 9.17) is 0 Å². The van der Waals surface area contributed by atoms with Crippen LogP contribution < -0.4 is 5.32 Å². The zero-order chi connectivity index (χ0) is 12.1. The van der Waals surface area contributed by atoms with Crippen molar-refractivity contribution in [3.8, 4) is 0 Å². The van der Waals surface area contributed by atoms with Gasteiger partial charge in [-0.2, -0.15) is 0 Å². The molecular formula is C13H23N3O. The lowest BCUT2D eigenvalue weighted by molar-refractivity contribution is -0.121. The van der Waals surface area contributed by atoms with Gasteiger partial charge >= 0.3 is 0 Å². The summed E-state index contributed by atoms with van der Waals surface area (Å²) in [7, 11) is 2.08. The number of likely N-dealkylation sites (tertiary alicyclic amines) is 1. The van der Waals surface area contributed by atoms with Gasteiger partial charge in [0.2, 0.25) is 5.91 Å². The number of carbonyl (C=O) groups excluding carboxylic acids is 1. The summed E-state index contributed by atoms with van der Waals surface area (Å²) in [5, 5.41) is 3.07. The number of pyridine rings is 1. The first-order valence-corrected chi connectivity index (χ1v) is 6.12. The Morgan fingerprint density at radius 3 is 3.18 bits per heavy atom. The number of hydrogen-bond acceptors (Lipinski definition) is 3. The molecule has 96 valence electrons. The Morgan fingerprint density at radius 2 is 2.53 bits per heavy atom. The molecule has 1 N–H and O–H groups in total. The second-order valence-electron chi connectivity index (χ2n) is 4.64. The van der Waals surface area contributed by atoms with Gasteiger partial charge in [0.05, 0.1) is 0 Å². The van der Waals surface area contributed by atoms with Crippen molar-refractivity contribution in [2.75, 3.05) is 20.1 Å². The number of hydrogen-bond donors (Lipinski definition) is 1. The predicted molar refractivity (Wildman–Crippen MR) is 70.8 cm³/mol. The van der Waals surface area contributed by atoms with Gasteiger partial charge in [-0.25, -0.2) is 0 Å². The normalized spacial score (nSPS) is 20.4. The number of carbonyl (C=O) groups is 1. The summed E-state index contributed by atoms with van der Waals surface area (Å²) >= 11 is 0. The molecule has 0 saturated carbocycles. The van der Waals surface area contributed by atoms with Gasteiger partial charge < -0.3 is 10.2 Å². The maximum absolute atomic E-state index is 11.7. The lowest BCUT2D eigenvalue weighted by Gasteiger charge is -2.12. The Morgan fingerprint density at radius 1 is 1.65 bits per heavy atom. The number of amides is 1.